The van der Waals surface area contributed by atoms with Gasteiger partial charge >= 0.3 is 0 Å². The number of hydrogen-bond acceptors (Lipinski definition) is 5. The average molecular weight is 401 g/mol. The number of carbonyl (C=O) groups excluding carboxylic acids is 2. The third kappa shape index (κ3) is 4.31. The summed E-state index contributed by atoms with van der Waals surface area (Å²) in [5, 5.41) is 19.2. The summed E-state index contributed by atoms with van der Waals surface area (Å²) < 4.78 is 0. The van der Waals surface area contributed by atoms with Crippen LogP contribution in [0.1, 0.15) is 23.4 Å². The Balaban J connectivity index is 1.84. The Hall–Kier alpha value is -2.51. The number of hydrogen-bond donors (Lipinski definition) is 2. The summed E-state index contributed by atoms with van der Waals surface area (Å²) in [6, 6.07) is 15.8. The molecule has 6 nitrogen and oxygen atoms in total. The zero-order valence-corrected chi connectivity index (χ0v) is 16.5. The number of rotatable bonds is 6. The van der Waals surface area contributed by atoms with Gasteiger partial charge in [-0.2, -0.15) is 0 Å². The SMILES string of the molecule is CC(=O)N1[C@@H](C(=O)N(CCO)Cc2ccccc2)CS[C@@H]1c1ccccc1O. The Morgan fingerprint density at radius 1 is 1.14 bits per heavy atom. The lowest BCUT2D eigenvalue weighted by Crippen LogP contribution is -2.49. The molecule has 1 heterocycles. The molecular weight excluding hydrogens is 376 g/mol. The Morgan fingerprint density at radius 2 is 1.82 bits per heavy atom. The fourth-order valence-corrected chi connectivity index (χ4v) is 4.92. The van der Waals surface area contributed by atoms with E-state index in [1.807, 2.05) is 30.3 Å². The molecule has 2 atom stereocenters. The summed E-state index contributed by atoms with van der Waals surface area (Å²) in [4.78, 5) is 28.8. The molecule has 0 aliphatic carbocycles. The van der Waals surface area contributed by atoms with Gasteiger partial charge in [-0.15, -0.1) is 11.8 Å². The first-order chi connectivity index (χ1) is 13.5. The van der Waals surface area contributed by atoms with Crippen molar-refractivity contribution >= 4 is 23.6 Å². The van der Waals surface area contributed by atoms with Gasteiger partial charge in [-0.05, 0) is 11.6 Å². The van der Waals surface area contributed by atoms with Crippen molar-refractivity contribution < 1.29 is 19.8 Å². The third-order valence-corrected chi connectivity index (χ3v) is 6.05. The first-order valence-electron chi connectivity index (χ1n) is 9.15. The van der Waals surface area contributed by atoms with Gasteiger partial charge in [0.15, 0.2) is 0 Å². The molecule has 1 aliphatic heterocycles. The van der Waals surface area contributed by atoms with Crippen molar-refractivity contribution in [3.05, 3.63) is 65.7 Å². The number of aliphatic hydroxyl groups is 1. The minimum Gasteiger partial charge on any atom is -0.508 e. The van der Waals surface area contributed by atoms with E-state index in [2.05, 4.69) is 0 Å². The van der Waals surface area contributed by atoms with E-state index in [9.17, 15) is 19.8 Å². The molecule has 0 unspecified atom stereocenters. The van der Waals surface area contributed by atoms with Gasteiger partial charge in [0.2, 0.25) is 11.8 Å². The summed E-state index contributed by atoms with van der Waals surface area (Å²) in [6.45, 7) is 1.85. The van der Waals surface area contributed by atoms with Crippen LogP contribution in [-0.4, -0.2) is 56.8 Å². The van der Waals surface area contributed by atoms with Gasteiger partial charge in [0, 0.05) is 31.3 Å². The first kappa shape index (κ1) is 20.2. The van der Waals surface area contributed by atoms with Crippen LogP contribution in [0.2, 0.25) is 0 Å². The fourth-order valence-electron chi connectivity index (χ4n) is 3.42. The Bertz CT molecular complexity index is 830. The lowest BCUT2D eigenvalue weighted by molar-refractivity contribution is -0.144. The minimum atomic E-state index is -0.637. The average Bonchev–Trinajstić information content (AvgIpc) is 3.13. The number of para-hydroxylation sites is 1. The zero-order chi connectivity index (χ0) is 20.1. The molecule has 2 aromatic rings. The second kappa shape index (κ2) is 9.12. The maximum atomic E-state index is 13.3. The van der Waals surface area contributed by atoms with Crippen molar-refractivity contribution in [2.45, 2.75) is 24.9 Å². The summed E-state index contributed by atoms with van der Waals surface area (Å²) in [5.41, 5.74) is 1.58. The molecule has 1 aliphatic rings. The standard InChI is InChI=1S/C21H24N2O4S/c1-15(25)23-18(14-28-21(23)17-9-5-6-10-19(17)26)20(27)22(11-12-24)13-16-7-3-2-4-8-16/h2-10,18,21,24,26H,11-14H2,1H3/t18-,21-/m1/s1. The normalized spacial score (nSPS) is 18.9. The van der Waals surface area contributed by atoms with Crippen molar-refractivity contribution in [1.82, 2.24) is 9.80 Å². The van der Waals surface area contributed by atoms with Gasteiger partial charge in [0.1, 0.15) is 17.2 Å². The second-order valence-corrected chi connectivity index (χ2v) is 7.77. The molecule has 0 bridgehead atoms. The Morgan fingerprint density at radius 3 is 2.46 bits per heavy atom. The van der Waals surface area contributed by atoms with Gasteiger partial charge < -0.3 is 20.0 Å². The highest BCUT2D eigenvalue weighted by molar-refractivity contribution is 7.99. The lowest BCUT2D eigenvalue weighted by Gasteiger charge is -2.32. The van der Waals surface area contributed by atoms with Gasteiger partial charge in [0.05, 0.1) is 6.61 Å². The molecule has 3 rings (SSSR count). The largest absolute Gasteiger partial charge is 0.508 e. The van der Waals surface area contributed by atoms with Crippen molar-refractivity contribution in [2.75, 3.05) is 18.9 Å². The first-order valence-corrected chi connectivity index (χ1v) is 10.2. The summed E-state index contributed by atoms with van der Waals surface area (Å²) in [6.07, 6.45) is 0. The van der Waals surface area contributed by atoms with Crippen LogP contribution >= 0.6 is 11.8 Å². The highest BCUT2D eigenvalue weighted by Crippen LogP contribution is 2.44. The smallest absolute Gasteiger partial charge is 0.246 e. The van der Waals surface area contributed by atoms with Crippen LogP contribution in [0.3, 0.4) is 0 Å². The molecule has 0 radical (unpaired) electrons. The molecule has 148 valence electrons. The molecular formula is C21H24N2O4S. The van der Waals surface area contributed by atoms with E-state index in [1.165, 1.54) is 23.6 Å². The molecule has 1 saturated heterocycles. The predicted octanol–water partition coefficient (Wildman–Crippen LogP) is 2.38. The van der Waals surface area contributed by atoms with E-state index in [-0.39, 0.29) is 30.7 Å². The molecule has 1 fully saturated rings. The highest BCUT2D eigenvalue weighted by Gasteiger charge is 2.43. The zero-order valence-electron chi connectivity index (χ0n) is 15.7. The van der Waals surface area contributed by atoms with Crippen LogP contribution in [0.5, 0.6) is 5.75 Å². The fraction of sp³-hybridized carbons (Fsp3) is 0.333. The van der Waals surface area contributed by atoms with Crippen LogP contribution in [-0.2, 0) is 16.1 Å². The molecule has 2 aromatic carbocycles. The number of aromatic hydroxyl groups is 1. The number of phenolic OH excluding ortho intramolecular Hbond substituents is 1. The van der Waals surface area contributed by atoms with E-state index in [1.54, 1.807) is 29.2 Å². The van der Waals surface area contributed by atoms with Crippen molar-refractivity contribution in [1.29, 1.82) is 0 Å². The maximum absolute atomic E-state index is 13.3. The molecule has 28 heavy (non-hydrogen) atoms. The highest BCUT2D eigenvalue weighted by atomic mass is 32.2. The Labute approximate surface area is 168 Å². The number of phenols is 1. The molecule has 0 spiro atoms. The van der Waals surface area contributed by atoms with Crippen molar-refractivity contribution in [3.8, 4) is 5.75 Å². The van der Waals surface area contributed by atoms with Crippen LogP contribution in [0, 0.1) is 0 Å². The predicted molar refractivity (Wildman–Crippen MR) is 109 cm³/mol. The quantitative estimate of drug-likeness (QED) is 0.778. The van der Waals surface area contributed by atoms with Gasteiger partial charge in [0.25, 0.3) is 0 Å². The topological polar surface area (TPSA) is 81.1 Å². The summed E-state index contributed by atoms with van der Waals surface area (Å²) >= 11 is 1.46. The van der Waals surface area contributed by atoms with Crippen LogP contribution < -0.4 is 0 Å². The molecule has 0 saturated carbocycles. The van der Waals surface area contributed by atoms with Crippen LogP contribution in [0.4, 0.5) is 0 Å². The van der Waals surface area contributed by atoms with E-state index in [0.717, 1.165) is 5.56 Å². The number of carbonyl (C=O) groups is 2. The van der Waals surface area contributed by atoms with E-state index < -0.39 is 11.4 Å². The van der Waals surface area contributed by atoms with E-state index >= 15 is 0 Å². The third-order valence-electron chi connectivity index (χ3n) is 4.75. The van der Waals surface area contributed by atoms with Crippen molar-refractivity contribution in [3.63, 3.8) is 0 Å². The van der Waals surface area contributed by atoms with Gasteiger partial charge in [-0.1, -0.05) is 48.5 Å². The van der Waals surface area contributed by atoms with E-state index in [0.29, 0.717) is 17.9 Å². The Kier molecular flexibility index (Phi) is 6.59. The summed E-state index contributed by atoms with van der Waals surface area (Å²) in [7, 11) is 0. The number of nitrogens with zero attached hydrogens (tertiary/aromatic N) is 2. The number of thioether (sulfide) groups is 1. The monoisotopic (exact) mass is 400 g/mol. The number of amides is 2. The van der Waals surface area contributed by atoms with Crippen LogP contribution in [0.15, 0.2) is 54.6 Å². The van der Waals surface area contributed by atoms with Crippen molar-refractivity contribution in [2.24, 2.45) is 0 Å². The number of aliphatic hydroxyl groups excluding tert-OH is 1. The second-order valence-electron chi connectivity index (χ2n) is 6.66. The minimum absolute atomic E-state index is 0.107. The molecule has 2 N–H and O–H groups in total. The molecule has 2 amide bonds. The van der Waals surface area contributed by atoms with Gasteiger partial charge in [-0.3, -0.25) is 9.59 Å². The number of benzene rings is 2. The molecule has 0 aromatic heterocycles. The van der Waals surface area contributed by atoms with Gasteiger partial charge in [-0.25, -0.2) is 0 Å². The van der Waals surface area contributed by atoms with Crippen LogP contribution in [0.25, 0.3) is 0 Å². The maximum Gasteiger partial charge on any atom is 0.246 e. The lowest BCUT2D eigenvalue weighted by atomic mass is 10.1. The molecule has 7 heteroatoms. The summed E-state index contributed by atoms with van der Waals surface area (Å²) in [5.74, 6) is 0.128. The van der Waals surface area contributed by atoms with E-state index in [4.69, 9.17) is 0 Å².